The molecule has 2 aromatic carbocycles. The van der Waals surface area contributed by atoms with Crippen molar-refractivity contribution < 1.29 is 4.74 Å². The summed E-state index contributed by atoms with van der Waals surface area (Å²) in [4.78, 5) is 4.44. The fraction of sp³-hybridized carbons (Fsp3) is 0.211. The SMILES string of the molecule is C#Cc1ccc(C=Nc2ccc(OCCCC)cc2)cc1. The third kappa shape index (κ3) is 4.81. The van der Waals surface area contributed by atoms with Gasteiger partial charge in [-0.1, -0.05) is 31.4 Å². The molecule has 0 aliphatic heterocycles. The van der Waals surface area contributed by atoms with Crippen LogP contribution in [0.2, 0.25) is 0 Å². The fourth-order valence-electron chi connectivity index (χ4n) is 1.78. The lowest BCUT2D eigenvalue weighted by molar-refractivity contribution is 0.309. The zero-order valence-corrected chi connectivity index (χ0v) is 12.3. The number of rotatable bonds is 6. The van der Waals surface area contributed by atoms with Crippen molar-refractivity contribution in [2.45, 2.75) is 19.8 Å². The highest BCUT2D eigenvalue weighted by Gasteiger charge is 1.94. The molecule has 0 atom stereocenters. The van der Waals surface area contributed by atoms with E-state index in [2.05, 4.69) is 17.8 Å². The van der Waals surface area contributed by atoms with Crippen LogP contribution in [0.4, 0.5) is 5.69 Å². The zero-order chi connectivity index (χ0) is 14.9. The van der Waals surface area contributed by atoms with E-state index in [4.69, 9.17) is 11.2 Å². The van der Waals surface area contributed by atoms with Gasteiger partial charge in [0.15, 0.2) is 0 Å². The summed E-state index contributed by atoms with van der Waals surface area (Å²) in [5.74, 6) is 3.49. The Bertz CT molecular complexity index is 618. The summed E-state index contributed by atoms with van der Waals surface area (Å²) in [6.07, 6.45) is 9.37. The largest absolute Gasteiger partial charge is 0.494 e. The van der Waals surface area contributed by atoms with Crippen LogP contribution in [0, 0.1) is 12.3 Å². The molecule has 0 fully saturated rings. The molecule has 106 valence electrons. The van der Waals surface area contributed by atoms with Crippen molar-refractivity contribution in [1.29, 1.82) is 0 Å². The Morgan fingerprint density at radius 2 is 1.81 bits per heavy atom. The normalized spacial score (nSPS) is 10.5. The minimum absolute atomic E-state index is 0.765. The van der Waals surface area contributed by atoms with Crippen molar-refractivity contribution in [3.05, 3.63) is 59.7 Å². The Morgan fingerprint density at radius 1 is 1.10 bits per heavy atom. The molecule has 0 N–H and O–H groups in total. The van der Waals surface area contributed by atoms with Crippen molar-refractivity contribution in [2.75, 3.05) is 6.61 Å². The van der Waals surface area contributed by atoms with E-state index in [1.807, 2.05) is 54.7 Å². The van der Waals surface area contributed by atoms with Crippen molar-refractivity contribution >= 4 is 11.9 Å². The third-order valence-corrected chi connectivity index (χ3v) is 3.04. The van der Waals surface area contributed by atoms with Crippen LogP contribution in [0.1, 0.15) is 30.9 Å². The summed E-state index contributed by atoms with van der Waals surface area (Å²) in [7, 11) is 0. The van der Waals surface area contributed by atoms with Gasteiger partial charge < -0.3 is 4.74 Å². The van der Waals surface area contributed by atoms with E-state index < -0.39 is 0 Å². The molecule has 2 nitrogen and oxygen atoms in total. The van der Waals surface area contributed by atoms with Gasteiger partial charge in [-0.3, -0.25) is 4.99 Å². The first-order valence-corrected chi connectivity index (χ1v) is 7.15. The number of unbranched alkanes of at least 4 members (excludes halogenated alkanes) is 1. The van der Waals surface area contributed by atoms with E-state index in [9.17, 15) is 0 Å². The van der Waals surface area contributed by atoms with Gasteiger partial charge in [0.05, 0.1) is 12.3 Å². The van der Waals surface area contributed by atoms with Gasteiger partial charge >= 0.3 is 0 Å². The molecular weight excluding hydrogens is 258 g/mol. The fourth-order valence-corrected chi connectivity index (χ4v) is 1.78. The molecule has 0 saturated carbocycles. The highest BCUT2D eigenvalue weighted by atomic mass is 16.5. The maximum absolute atomic E-state index is 5.62. The number of aliphatic imine (C=N–C) groups is 1. The Balaban J connectivity index is 1.95. The molecule has 0 spiro atoms. The summed E-state index contributed by atoms with van der Waals surface area (Å²) >= 11 is 0. The highest BCUT2D eigenvalue weighted by molar-refractivity contribution is 5.82. The van der Waals surface area contributed by atoms with Crippen LogP contribution in [-0.4, -0.2) is 12.8 Å². The van der Waals surface area contributed by atoms with E-state index in [1.54, 1.807) is 0 Å². The third-order valence-electron chi connectivity index (χ3n) is 3.04. The summed E-state index contributed by atoms with van der Waals surface area (Å²) in [5.41, 5.74) is 2.80. The molecule has 2 heteroatoms. The first-order valence-electron chi connectivity index (χ1n) is 7.15. The lowest BCUT2D eigenvalue weighted by Gasteiger charge is -2.04. The molecule has 2 aromatic rings. The molecule has 0 aromatic heterocycles. The molecular formula is C19H19NO. The number of nitrogens with zero attached hydrogens (tertiary/aromatic N) is 1. The molecule has 0 aliphatic carbocycles. The van der Waals surface area contributed by atoms with Crippen molar-refractivity contribution in [1.82, 2.24) is 0 Å². The summed E-state index contributed by atoms with van der Waals surface area (Å²) < 4.78 is 5.62. The van der Waals surface area contributed by atoms with Crippen LogP contribution in [0.25, 0.3) is 0 Å². The molecule has 0 unspecified atom stereocenters. The number of terminal acetylenes is 1. The first-order chi connectivity index (χ1) is 10.3. The molecule has 21 heavy (non-hydrogen) atoms. The minimum atomic E-state index is 0.765. The van der Waals surface area contributed by atoms with E-state index in [-0.39, 0.29) is 0 Å². The second kappa shape index (κ2) is 7.91. The monoisotopic (exact) mass is 277 g/mol. The average molecular weight is 277 g/mol. The minimum Gasteiger partial charge on any atom is -0.494 e. The molecule has 0 radical (unpaired) electrons. The Labute approximate surface area is 126 Å². The smallest absolute Gasteiger partial charge is 0.119 e. The van der Waals surface area contributed by atoms with Crippen LogP contribution in [-0.2, 0) is 0 Å². The predicted octanol–water partition coefficient (Wildman–Crippen LogP) is 4.60. The van der Waals surface area contributed by atoms with Gasteiger partial charge in [-0.25, -0.2) is 0 Å². The van der Waals surface area contributed by atoms with Gasteiger partial charge in [0.25, 0.3) is 0 Å². The van der Waals surface area contributed by atoms with Crippen molar-refractivity contribution in [3.8, 4) is 18.1 Å². The molecule has 0 saturated heterocycles. The van der Waals surface area contributed by atoms with Crippen molar-refractivity contribution in [3.63, 3.8) is 0 Å². The molecule has 0 aliphatic rings. The summed E-state index contributed by atoms with van der Waals surface area (Å²) in [6, 6.07) is 15.5. The van der Waals surface area contributed by atoms with E-state index in [0.717, 1.165) is 42.0 Å². The number of benzene rings is 2. The molecule has 0 amide bonds. The lowest BCUT2D eigenvalue weighted by atomic mass is 10.1. The van der Waals surface area contributed by atoms with Crippen molar-refractivity contribution in [2.24, 2.45) is 4.99 Å². The van der Waals surface area contributed by atoms with E-state index >= 15 is 0 Å². The van der Waals surface area contributed by atoms with Crippen LogP contribution in [0.15, 0.2) is 53.5 Å². The number of hydrogen-bond donors (Lipinski definition) is 0. The van der Waals surface area contributed by atoms with Crippen LogP contribution >= 0.6 is 0 Å². The standard InChI is InChI=1S/C19H19NO/c1-3-5-14-21-19-12-10-18(11-13-19)20-15-17-8-6-16(4-2)7-9-17/h2,6-13,15H,3,5,14H2,1H3. The summed E-state index contributed by atoms with van der Waals surface area (Å²) in [6.45, 7) is 2.91. The topological polar surface area (TPSA) is 21.6 Å². The average Bonchev–Trinajstić information content (AvgIpc) is 2.55. The maximum Gasteiger partial charge on any atom is 0.119 e. The maximum atomic E-state index is 5.62. The second-order valence-electron chi connectivity index (χ2n) is 4.72. The van der Waals surface area contributed by atoms with Crippen LogP contribution in [0.3, 0.4) is 0 Å². The van der Waals surface area contributed by atoms with Gasteiger partial charge in [0, 0.05) is 11.8 Å². The van der Waals surface area contributed by atoms with E-state index in [1.165, 1.54) is 0 Å². The molecule has 2 rings (SSSR count). The number of ether oxygens (including phenoxy) is 1. The Hall–Kier alpha value is -2.53. The zero-order valence-electron chi connectivity index (χ0n) is 12.3. The molecule has 0 heterocycles. The van der Waals surface area contributed by atoms with E-state index in [0.29, 0.717) is 0 Å². The van der Waals surface area contributed by atoms with Crippen LogP contribution in [0.5, 0.6) is 5.75 Å². The van der Waals surface area contributed by atoms with Gasteiger partial charge in [-0.05, 0) is 48.4 Å². The first kappa shape index (κ1) is 14.9. The van der Waals surface area contributed by atoms with Gasteiger partial charge in [0.2, 0.25) is 0 Å². The van der Waals surface area contributed by atoms with Gasteiger partial charge in [-0.15, -0.1) is 6.42 Å². The van der Waals surface area contributed by atoms with Crippen LogP contribution < -0.4 is 4.74 Å². The van der Waals surface area contributed by atoms with Gasteiger partial charge in [0.1, 0.15) is 5.75 Å². The predicted molar refractivity (Wildman–Crippen MR) is 88.5 cm³/mol. The quantitative estimate of drug-likeness (QED) is 0.429. The second-order valence-corrected chi connectivity index (χ2v) is 4.72. The Morgan fingerprint density at radius 3 is 2.43 bits per heavy atom. The van der Waals surface area contributed by atoms with Gasteiger partial charge in [-0.2, -0.15) is 0 Å². The molecule has 0 bridgehead atoms. The summed E-state index contributed by atoms with van der Waals surface area (Å²) in [5, 5.41) is 0. The lowest BCUT2D eigenvalue weighted by Crippen LogP contribution is -1.95. The number of hydrogen-bond acceptors (Lipinski definition) is 2. The Kier molecular flexibility index (Phi) is 5.60. The highest BCUT2D eigenvalue weighted by Crippen LogP contribution is 2.18.